The van der Waals surface area contributed by atoms with Crippen molar-refractivity contribution in [3.63, 3.8) is 0 Å². The minimum absolute atomic E-state index is 0.0247. The largest absolute Gasteiger partial charge is 0.380 e. The fraction of sp³-hybridized carbons (Fsp3) is 0.545. The smallest absolute Gasteiger partial charge is 0.262 e. The van der Waals surface area contributed by atoms with E-state index in [1.165, 1.54) is 6.07 Å². The molecule has 1 unspecified atom stereocenters. The molecule has 0 aliphatic carbocycles. The van der Waals surface area contributed by atoms with Crippen molar-refractivity contribution in [2.75, 3.05) is 18.5 Å². The molecule has 1 aromatic rings. The molecule has 1 atom stereocenters. The van der Waals surface area contributed by atoms with Crippen molar-refractivity contribution in [2.45, 2.75) is 58.6 Å². The molecule has 0 spiro atoms. The SMILES string of the molecule is CC(C)CCOC(C)(C)CNc1cc2c(cc1F)C(=O)N(C1CCC(=O)NC1=O)C2=O. The summed E-state index contributed by atoms with van der Waals surface area (Å²) in [6.07, 6.45) is 0.978. The van der Waals surface area contributed by atoms with Crippen LogP contribution in [0, 0.1) is 11.7 Å². The molecule has 4 amide bonds. The first-order valence-corrected chi connectivity index (χ1v) is 10.4. The fourth-order valence-electron chi connectivity index (χ4n) is 3.56. The van der Waals surface area contributed by atoms with Crippen LogP contribution < -0.4 is 10.6 Å². The zero-order valence-corrected chi connectivity index (χ0v) is 18.2. The number of rotatable bonds is 8. The molecule has 0 aromatic heterocycles. The molecule has 2 N–H and O–H groups in total. The van der Waals surface area contributed by atoms with Crippen molar-refractivity contribution in [2.24, 2.45) is 5.92 Å². The molecule has 8 nitrogen and oxygen atoms in total. The first-order chi connectivity index (χ1) is 14.5. The van der Waals surface area contributed by atoms with E-state index in [2.05, 4.69) is 24.5 Å². The predicted octanol–water partition coefficient (Wildman–Crippen LogP) is 2.48. The van der Waals surface area contributed by atoms with Crippen LogP contribution in [0.2, 0.25) is 0 Å². The molecule has 0 radical (unpaired) electrons. The van der Waals surface area contributed by atoms with Crippen LogP contribution >= 0.6 is 0 Å². The van der Waals surface area contributed by atoms with Crippen molar-refractivity contribution in [3.8, 4) is 0 Å². The molecule has 0 saturated carbocycles. The van der Waals surface area contributed by atoms with Gasteiger partial charge in [0.15, 0.2) is 0 Å². The minimum Gasteiger partial charge on any atom is -0.380 e. The van der Waals surface area contributed by atoms with Crippen molar-refractivity contribution in [1.82, 2.24) is 10.2 Å². The standard InChI is InChI=1S/C22H28FN3O5/c1-12(2)7-8-31-22(3,4)11-24-16-10-14-13(9-15(16)23)20(29)26(21(14)30)17-5-6-18(27)25-19(17)28/h9-10,12,17,24H,5-8,11H2,1-4H3,(H,25,27,28). The van der Waals surface area contributed by atoms with Gasteiger partial charge in [0.05, 0.1) is 22.4 Å². The van der Waals surface area contributed by atoms with Gasteiger partial charge in [-0.05, 0) is 44.7 Å². The Labute approximate surface area is 180 Å². The molecule has 1 fully saturated rings. The van der Waals surface area contributed by atoms with Gasteiger partial charge in [0.1, 0.15) is 11.9 Å². The Morgan fingerprint density at radius 3 is 2.45 bits per heavy atom. The number of carbonyl (C=O) groups is 4. The van der Waals surface area contributed by atoms with E-state index < -0.39 is 41.1 Å². The van der Waals surface area contributed by atoms with Gasteiger partial charge in [0, 0.05) is 19.6 Å². The third kappa shape index (κ3) is 4.92. The molecule has 2 heterocycles. The first kappa shape index (κ1) is 22.9. The summed E-state index contributed by atoms with van der Waals surface area (Å²) in [5, 5.41) is 5.09. The minimum atomic E-state index is -1.09. The van der Waals surface area contributed by atoms with Gasteiger partial charge < -0.3 is 10.1 Å². The lowest BCUT2D eigenvalue weighted by molar-refractivity contribution is -0.136. The van der Waals surface area contributed by atoms with Crippen LogP contribution in [-0.2, 0) is 14.3 Å². The van der Waals surface area contributed by atoms with Crippen LogP contribution in [0.25, 0.3) is 0 Å². The highest BCUT2D eigenvalue weighted by Crippen LogP contribution is 2.31. The van der Waals surface area contributed by atoms with Gasteiger partial charge >= 0.3 is 0 Å². The third-order valence-electron chi connectivity index (χ3n) is 5.42. The Morgan fingerprint density at radius 1 is 1.19 bits per heavy atom. The van der Waals surface area contributed by atoms with Crippen molar-refractivity contribution < 1.29 is 28.3 Å². The second kappa shape index (κ2) is 8.74. The topological polar surface area (TPSA) is 105 Å². The Morgan fingerprint density at radius 2 is 1.84 bits per heavy atom. The summed E-state index contributed by atoms with van der Waals surface area (Å²) in [4.78, 5) is 49.9. The number of halogens is 1. The van der Waals surface area contributed by atoms with Gasteiger partial charge in [0.25, 0.3) is 11.8 Å². The fourth-order valence-corrected chi connectivity index (χ4v) is 3.56. The molecule has 1 aromatic carbocycles. The number of hydrogen-bond donors (Lipinski definition) is 2. The molecule has 3 rings (SSSR count). The van der Waals surface area contributed by atoms with Crippen LogP contribution in [0.15, 0.2) is 12.1 Å². The van der Waals surface area contributed by atoms with Crippen LogP contribution in [0.5, 0.6) is 0 Å². The number of fused-ring (bicyclic) bond motifs is 1. The van der Waals surface area contributed by atoms with Crippen LogP contribution in [-0.4, -0.2) is 53.3 Å². The highest BCUT2D eigenvalue weighted by molar-refractivity contribution is 6.23. The van der Waals surface area contributed by atoms with Crippen molar-refractivity contribution in [3.05, 3.63) is 29.1 Å². The average molecular weight is 433 g/mol. The van der Waals surface area contributed by atoms with Crippen molar-refractivity contribution >= 4 is 29.3 Å². The summed E-state index contributed by atoms with van der Waals surface area (Å²) in [5.41, 5.74) is -0.563. The second-order valence-corrected chi connectivity index (χ2v) is 8.97. The summed E-state index contributed by atoms with van der Waals surface area (Å²) >= 11 is 0. The zero-order valence-electron chi connectivity index (χ0n) is 18.2. The number of imide groups is 2. The van der Waals surface area contributed by atoms with Crippen LogP contribution in [0.1, 0.15) is 67.7 Å². The molecule has 9 heteroatoms. The lowest BCUT2D eigenvalue weighted by Crippen LogP contribution is -2.54. The van der Waals surface area contributed by atoms with Gasteiger partial charge in [-0.2, -0.15) is 0 Å². The molecule has 2 aliphatic rings. The predicted molar refractivity (Wildman–Crippen MR) is 111 cm³/mol. The van der Waals surface area contributed by atoms with E-state index >= 15 is 0 Å². The highest BCUT2D eigenvalue weighted by atomic mass is 19.1. The summed E-state index contributed by atoms with van der Waals surface area (Å²) < 4.78 is 20.5. The number of nitrogens with zero attached hydrogens (tertiary/aromatic N) is 1. The van der Waals surface area contributed by atoms with Gasteiger partial charge in [0.2, 0.25) is 11.8 Å². The first-order valence-electron chi connectivity index (χ1n) is 10.4. The highest BCUT2D eigenvalue weighted by Gasteiger charge is 2.45. The quantitative estimate of drug-likeness (QED) is 0.611. The van der Waals surface area contributed by atoms with Gasteiger partial charge in [-0.3, -0.25) is 29.4 Å². The molecule has 0 bridgehead atoms. The second-order valence-electron chi connectivity index (χ2n) is 8.97. The van der Waals surface area contributed by atoms with E-state index in [0.29, 0.717) is 19.1 Å². The summed E-state index contributed by atoms with van der Waals surface area (Å²) in [6, 6.07) is 1.22. The van der Waals surface area contributed by atoms with E-state index in [0.717, 1.165) is 17.4 Å². The monoisotopic (exact) mass is 433 g/mol. The normalized spacial score (nSPS) is 19.2. The molecule has 2 aliphatic heterocycles. The van der Waals surface area contributed by atoms with Crippen LogP contribution in [0.3, 0.4) is 0 Å². The average Bonchev–Trinajstić information content (AvgIpc) is 2.90. The van der Waals surface area contributed by atoms with Gasteiger partial charge in [-0.1, -0.05) is 13.8 Å². The number of nitrogens with one attached hydrogen (secondary N) is 2. The summed E-state index contributed by atoms with van der Waals surface area (Å²) in [6.45, 7) is 8.83. The Hall–Kier alpha value is -2.81. The maximum absolute atomic E-state index is 14.7. The number of hydrogen-bond acceptors (Lipinski definition) is 6. The van der Waals surface area contributed by atoms with E-state index in [-0.39, 0.29) is 29.7 Å². The molecule has 168 valence electrons. The molecular formula is C22H28FN3O5. The Balaban J connectivity index is 1.74. The number of anilines is 1. The number of carbonyl (C=O) groups excluding carboxylic acids is 4. The number of amides is 4. The van der Waals surface area contributed by atoms with E-state index in [1.807, 2.05) is 13.8 Å². The van der Waals surface area contributed by atoms with E-state index in [1.54, 1.807) is 0 Å². The Kier molecular flexibility index (Phi) is 6.45. The number of piperidine rings is 1. The van der Waals surface area contributed by atoms with Crippen molar-refractivity contribution in [1.29, 1.82) is 0 Å². The van der Waals surface area contributed by atoms with Gasteiger partial charge in [-0.15, -0.1) is 0 Å². The number of benzene rings is 1. The summed E-state index contributed by atoms with van der Waals surface area (Å²) in [5.74, 6) is -2.74. The third-order valence-corrected chi connectivity index (χ3v) is 5.42. The Bertz CT molecular complexity index is 928. The maximum Gasteiger partial charge on any atom is 0.262 e. The molecule has 1 saturated heterocycles. The zero-order chi connectivity index (χ0) is 22.9. The molecule has 31 heavy (non-hydrogen) atoms. The lowest BCUT2D eigenvalue weighted by Gasteiger charge is -2.27. The van der Waals surface area contributed by atoms with Gasteiger partial charge in [-0.25, -0.2) is 4.39 Å². The summed E-state index contributed by atoms with van der Waals surface area (Å²) in [7, 11) is 0. The maximum atomic E-state index is 14.7. The lowest BCUT2D eigenvalue weighted by atomic mass is 10.0. The molecular weight excluding hydrogens is 405 g/mol. The van der Waals surface area contributed by atoms with Crippen LogP contribution in [0.4, 0.5) is 10.1 Å². The van der Waals surface area contributed by atoms with E-state index in [9.17, 15) is 23.6 Å². The van der Waals surface area contributed by atoms with E-state index in [4.69, 9.17) is 4.74 Å². The number of ether oxygens (including phenoxy) is 1.